The van der Waals surface area contributed by atoms with Crippen molar-refractivity contribution in [1.29, 1.82) is 0 Å². The molecule has 3 aliphatic rings. The lowest BCUT2D eigenvalue weighted by Crippen LogP contribution is -2.66. The van der Waals surface area contributed by atoms with Crippen LogP contribution in [0.2, 0.25) is 0 Å². The molecule has 0 aromatic rings. The summed E-state index contributed by atoms with van der Waals surface area (Å²) in [6.45, 7) is 23.5. The lowest BCUT2D eigenvalue weighted by atomic mass is 9.95. The summed E-state index contributed by atoms with van der Waals surface area (Å²) < 4.78 is 6.07. The maximum Gasteiger partial charge on any atom is 0.331 e. The first-order valence-electron chi connectivity index (χ1n) is 41.1. The highest BCUT2D eigenvalue weighted by Crippen LogP contribution is 2.25. The molecule has 18 unspecified atom stereocenters. The molecule has 0 aromatic heterocycles. The minimum absolute atomic E-state index is 0.149. The van der Waals surface area contributed by atoms with E-state index in [-0.39, 0.29) is 31.7 Å². The standard InChI is InChI=1S/C79H137N17O19/c1-20-24-25-26-27-28-29-30-31-32-33-36-56(101)96-39-34-35-54(96)77(113)95(19)65(49(15)99)76(112)82-40-55(100)86-57(42(5)6)69(105)90-60(45(11)21-2)72(108)83-47(13)66(102)84-51(23-4)67(103)92-63-50(16)115-78(114)64(53-37-38-81-79(80-17)94(53)18)93-73(109)61(46(12)22-3)89-68(104)52(41-97)85-74(110)62(48(14)98)91-71(107)59(44(9)10)87-70(106)58(43(7)8)88-75(63)111/h23,42-50,52-54,57-65,97-99H,20-22,24-41H2,1-19H3,(H,80,81)(H,82,112)(H,83,108)(H,84,102)(H,85,110)(H,86,100)(H,87,106)(H,88,111)(H,89,104)(H,90,105)(H,91,107)(H,92,103)(H,93,109). The zero-order valence-corrected chi connectivity index (χ0v) is 71.2. The zero-order valence-electron chi connectivity index (χ0n) is 71.2. The summed E-state index contributed by atoms with van der Waals surface area (Å²) in [6, 6.07) is -19.1. The Labute approximate surface area is 678 Å². The van der Waals surface area contributed by atoms with E-state index in [1.807, 2.05) is 0 Å². The summed E-state index contributed by atoms with van der Waals surface area (Å²) in [6.07, 6.45) is 10.6. The topological polar surface area (TPSA) is 504 Å². The molecule has 3 aliphatic heterocycles. The number of likely N-dealkylation sites (N-methyl/N-ethyl adjacent to an activating group) is 2. The highest BCUT2D eigenvalue weighted by molar-refractivity contribution is 6.03. The van der Waals surface area contributed by atoms with E-state index >= 15 is 9.59 Å². The van der Waals surface area contributed by atoms with E-state index in [9.17, 15) is 77.6 Å². The zero-order chi connectivity index (χ0) is 86.8. The molecule has 3 fully saturated rings. The van der Waals surface area contributed by atoms with Crippen LogP contribution >= 0.6 is 0 Å². The van der Waals surface area contributed by atoms with Gasteiger partial charge in [0.1, 0.15) is 84.3 Å². The van der Waals surface area contributed by atoms with E-state index in [4.69, 9.17) is 4.74 Å². The minimum Gasteiger partial charge on any atom is -0.458 e. The average molecular weight is 1630 g/mol. The van der Waals surface area contributed by atoms with Crippen molar-refractivity contribution in [3.05, 3.63) is 11.8 Å². The Morgan fingerprint density at radius 1 is 0.643 bits per heavy atom. The molecule has 36 nitrogen and oxygen atoms in total. The van der Waals surface area contributed by atoms with E-state index in [2.05, 4.69) is 81.0 Å². The van der Waals surface area contributed by atoms with Gasteiger partial charge < -0.3 is 104 Å². The second kappa shape index (κ2) is 49.8. The third kappa shape index (κ3) is 30.5. The molecule has 18 atom stereocenters. The SMILES string of the molecule is CC=C(NC(=O)C(C)NC(=O)C(NC(=O)C(NC(=O)CNC(=O)C(C(C)O)N(C)C(=O)C1CCCN1C(=O)CCCCCCCCCCCCC)C(C)C)C(C)CC)C(=O)NC1C(=O)NC(C(C)C)C(=O)NC(C(C)C)C(=O)NC(C(C)O)C(=O)NC(CO)C(=O)NC(C(C)CC)C(=O)NC(C2CCNC(=NC)N2C)C(=O)OC1C. The van der Waals surface area contributed by atoms with E-state index in [0.717, 1.165) is 36.7 Å². The number of likely N-dealkylation sites (tertiary alicyclic amines) is 1. The minimum atomic E-state index is -1.98. The number of ether oxygens (including phenoxy) is 1. The van der Waals surface area contributed by atoms with Gasteiger partial charge in [-0.05, 0) is 89.9 Å². The molecule has 115 heavy (non-hydrogen) atoms. The van der Waals surface area contributed by atoms with Gasteiger partial charge in [-0.15, -0.1) is 0 Å². The Kier molecular flexibility index (Phi) is 43.3. The van der Waals surface area contributed by atoms with Crippen molar-refractivity contribution in [3.63, 3.8) is 0 Å². The predicted octanol–water partition coefficient (Wildman–Crippen LogP) is -0.452. The van der Waals surface area contributed by atoms with Crippen LogP contribution in [0.1, 0.15) is 220 Å². The number of carbonyl (C=O) groups excluding carboxylic acids is 15. The van der Waals surface area contributed by atoms with Gasteiger partial charge in [0.25, 0.3) is 5.91 Å². The number of nitrogens with zero attached hydrogens (tertiary/aromatic N) is 4. The molecule has 3 heterocycles. The molecular formula is C79H137N17O19. The second-order valence-electron chi connectivity index (χ2n) is 31.8. The number of allylic oxidation sites excluding steroid dienone is 1. The van der Waals surface area contributed by atoms with E-state index < -0.39 is 228 Å². The van der Waals surface area contributed by atoms with Gasteiger partial charge in [-0.3, -0.25) is 72.1 Å². The first-order valence-corrected chi connectivity index (χ1v) is 41.1. The first-order chi connectivity index (χ1) is 54.2. The van der Waals surface area contributed by atoms with Crippen LogP contribution in [0.4, 0.5) is 0 Å². The molecular weight excluding hydrogens is 1490 g/mol. The maximum atomic E-state index is 15.0. The van der Waals surface area contributed by atoms with Crippen molar-refractivity contribution >= 4 is 94.6 Å². The summed E-state index contributed by atoms with van der Waals surface area (Å²) in [5.74, 6) is -16.9. The molecule has 3 rings (SSSR count). The van der Waals surface area contributed by atoms with Crippen molar-refractivity contribution in [2.75, 3.05) is 47.4 Å². The summed E-state index contributed by atoms with van der Waals surface area (Å²) in [5.41, 5.74) is -0.521. The number of aliphatic hydroxyl groups excluding tert-OH is 3. The van der Waals surface area contributed by atoms with Crippen molar-refractivity contribution in [1.82, 2.24) is 83.8 Å². The molecule has 16 N–H and O–H groups in total. The van der Waals surface area contributed by atoms with E-state index in [1.165, 1.54) is 87.2 Å². The number of unbranched alkanes of at least 4 members (excludes halogenated alkanes) is 10. The number of hydrogen-bond acceptors (Lipinski definition) is 20. The molecule has 3 saturated heterocycles. The van der Waals surface area contributed by atoms with E-state index in [0.29, 0.717) is 38.2 Å². The van der Waals surface area contributed by atoms with Crippen LogP contribution in [0.15, 0.2) is 16.8 Å². The van der Waals surface area contributed by atoms with Gasteiger partial charge in [-0.2, -0.15) is 0 Å². The van der Waals surface area contributed by atoms with Gasteiger partial charge in [0, 0.05) is 40.7 Å². The largest absolute Gasteiger partial charge is 0.458 e. The van der Waals surface area contributed by atoms with Crippen molar-refractivity contribution in [2.24, 2.45) is 34.6 Å². The summed E-state index contributed by atoms with van der Waals surface area (Å²) in [4.78, 5) is 222. The fourth-order valence-corrected chi connectivity index (χ4v) is 13.9. The third-order valence-corrected chi connectivity index (χ3v) is 21.6. The summed E-state index contributed by atoms with van der Waals surface area (Å²) in [7, 11) is 4.40. The van der Waals surface area contributed by atoms with Gasteiger partial charge in [-0.25, -0.2) is 4.79 Å². The smallest absolute Gasteiger partial charge is 0.331 e. The Bertz CT molecular complexity index is 3350. The quantitative estimate of drug-likeness (QED) is 0.0213. The van der Waals surface area contributed by atoms with Crippen LogP contribution in [0.3, 0.4) is 0 Å². The van der Waals surface area contributed by atoms with Crippen molar-refractivity contribution < 1.29 is 92.0 Å². The fraction of sp³-hybridized carbons (Fsp3) is 0.772. The molecule has 0 spiro atoms. The Hall–Kier alpha value is -9.06. The van der Waals surface area contributed by atoms with Gasteiger partial charge in [0.15, 0.2) is 5.96 Å². The van der Waals surface area contributed by atoms with Crippen LogP contribution in [0.25, 0.3) is 0 Å². The Morgan fingerprint density at radius 2 is 1.18 bits per heavy atom. The number of nitrogens with one attached hydrogen (secondary N) is 13. The fourth-order valence-electron chi connectivity index (χ4n) is 13.9. The number of amides is 14. The third-order valence-electron chi connectivity index (χ3n) is 21.6. The summed E-state index contributed by atoms with van der Waals surface area (Å²) in [5, 5.41) is 65.7. The Balaban J connectivity index is 1.91. The van der Waals surface area contributed by atoms with Gasteiger partial charge in [0.05, 0.1) is 31.4 Å². The van der Waals surface area contributed by atoms with Crippen molar-refractivity contribution in [2.45, 2.75) is 317 Å². The number of esters is 1. The average Bonchev–Trinajstić information content (AvgIpc) is 1.29. The van der Waals surface area contributed by atoms with Gasteiger partial charge in [-0.1, -0.05) is 159 Å². The van der Waals surface area contributed by atoms with Crippen LogP contribution < -0.4 is 69.1 Å². The number of aliphatic imine (C=N–C) groups is 1. The number of guanidine groups is 1. The maximum absolute atomic E-state index is 15.0. The lowest BCUT2D eigenvalue weighted by molar-refractivity contribution is -0.157. The lowest BCUT2D eigenvalue weighted by Gasteiger charge is -2.40. The van der Waals surface area contributed by atoms with Crippen LogP contribution in [-0.2, 0) is 76.7 Å². The highest BCUT2D eigenvalue weighted by Gasteiger charge is 2.46. The number of rotatable bonds is 37. The Morgan fingerprint density at radius 3 is 1.70 bits per heavy atom. The van der Waals surface area contributed by atoms with Crippen LogP contribution in [0, 0.1) is 29.6 Å². The summed E-state index contributed by atoms with van der Waals surface area (Å²) >= 11 is 0. The van der Waals surface area contributed by atoms with Crippen LogP contribution in [-0.4, -0.2) is 269 Å². The van der Waals surface area contributed by atoms with Gasteiger partial charge in [0.2, 0.25) is 76.8 Å². The first kappa shape index (κ1) is 100. The number of aliphatic hydroxyl groups is 3. The molecule has 652 valence electrons. The molecule has 14 amide bonds. The van der Waals surface area contributed by atoms with Crippen molar-refractivity contribution in [3.8, 4) is 0 Å². The molecule has 0 bridgehead atoms. The number of carbonyl (C=O) groups is 15. The molecule has 36 heteroatoms. The molecule has 0 aliphatic carbocycles. The second-order valence-corrected chi connectivity index (χ2v) is 31.8. The van der Waals surface area contributed by atoms with Gasteiger partial charge >= 0.3 is 5.97 Å². The molecule has 0 radical (unpaired) electrons. The van der Waals surface area contributed by atoms with Crippen LogP contribution in [0.5, 0.6) is 0 Å². The monoisotopic (exact) mass is 1630 g/mol. The predicted molar refractivity (Wildman–Crippen MR) is 429 cm³/mol. The molecule has 0 saturated carbocycles. The van der Waals surface area contributed by atoms with E-state index in [1.54, 1.807) is 86.1 Å². The molecule has 0 aromatic carbocycles. The number of cyclic esters (lactones) is 1. The highest BCUT2D eigenvalue weighted by atomic mass is 16.5. The normalized spacial score (nSPS) is 24.4. The number of hydrogen-bond donors (Lipinski definition) is 16.